The molecule has 0 bridgehead atoms. The standard InChI is InChI=1S/C20H21N5OS/c1-14-10-18(14)25-19(13-26-16-7-5-15(11-21)6-8-16)22-23-20(25)24(2)12-17-4-3-9-27-17/h3-9,14,18H,10,12-13H2,1-2H3. The van der Waals surface area contributed by atoms with Crippen LogP contribution in [0.3, 0.4) is 0 Å². The highest BCUT2D eigenvalue weighted by molar-refractivity contribution is 7.09. The van der Waals surface area contributed by atoms with Crippen LogP contribution in [0.5, 0.6) is 5.75 Å². The largest absolute Gasteiger partial charge is 0.486 e. The fourth-order valence-electron chi connectivity index (χ4n) is 3.16. The maximum Gasteiger partial charge on any atom is 0.227 e. The first-order valence-electron chi connectivity index (χ1n) is 8.96. The predicted octanol–water partition coefficient (Wildman–Crippen LogP) is 4.01. The van der Waals surface area contributed by atoms with Crippen LogP contribution in [0.25, 0.3) is 0 Å². The summed E-state index contributed by atoms with van der Waals surface area (Å²) in [5, 5.41) is 19.8. The molecule has 1 fully saturated rings. The Balaban J connectivity index is 1.52. The Morgan fingerprint density at radius 2 is 2.07 bits per heavy atom. The minimum absolute atomic E-state index is 0.356. The zero-order valence-corrected chi connectivity index (χ0v) is 16.2. The fourth-order valence-corrected chi connectivity index (χ4v) is 3.91. The molecule has 0 spiro atoms. The Morgan fingerprint density at radius 3 is 2.70 bits per heavy atom. The van der Waals surface area contributed by atoms with Crippen LogP contribution in [-0.4, -0.2) is 21.8 Å². The molecule has 0 N–H and O–H groups in total. The van der Waals surface area contributed by atoms with Gasteiger partial charge in [-0.25, -0.2) is 0 Å². The van der Waals surface area contributed by atoms with E-state index in [-0.39, 0.29) is 0 Å². The smallest absolute Gasteiger partial charge is 0.227 e. The number of nitrogens with zero attached hydrogens (tertiary/aromatic N) is 5. The lowest BCUT2D eigenvalue weighted by atomic mass is 10.2. The van der Waals surface area contributed by atoms with Crippen molar-refractivity contribution in [1.82, 2.24) is 14.8 Å². The third-order valence-electron chi connectivity index (χ3n) is 4.81. The highest BCUT2D eigenvalue weighted by Crippen LogP contribution is 2.45. The number of thiophene rings is 1. The zero-order chi connectivity index (χ0) is 18.8. The molecule has 3 aromatic rings. The van der Waals surface area contributed by atoms with Gasteiger partial charge in [-0.1, -0.05) is 13.0 Å². The molecule has 0 amide bonds. The topological polar surface area (TPSA) is 67.0 Å². The summed E-state index contributed by atoms with van der Waals surface area (Å²) >= 11 is 1.75. The van der Waals surface area contributed by atoms with Crippen molar-refractivity contribution in [2.24, 2.45) is 5.92 Å². The quantitative estimate of drug-likeness (QED) is 0.620. The zero-order valence-electron chi connectivity index (χ0n) is 15.4. The van der Waals surface area contributed by atoms with Crippen LogP contribution in [0.2, 0.25) is 0 Å². The summed E-state index contributed by atoms with van der Waals surface area (Å²) in [7, 11) is 2.05. The molecule has 1 aliphatic rings. The molecule has 27 heavy (non-hydrogen) atoms. The van der Waals surface area contributed by atoms with Gasteiger partial charge in [-0.05, 0) is 48.1 Å². The molecule has 4 rings (SSSR count). The third kappa shape index (κ3) is 3.81. The first-order chi connectivity index (χ1) is 13.2. The van der Waals surface area contributed by atoms with E-state index in [2.05, 4.69) is 57.2 Å². The SMILES string of the molecule is CC1CC1n1c(COc2ccc(C#N)cc2)nnc1N(C)Cc1cccs1. The summed E-state index contributed by atoms with van der Waals surface area (Å²) < 4.78 is 8.12. The van der Waals surface area contributed by atoms with Crippen LogP contribution in [0.1, 0.15) is 35.7 Å². The van der Waals surface area contributed by atoms with Gasteiger partial charge in [0.15, 0.2) is 5.82 Å². The Labute approximate surface area is 162 Å². The van der Waals surface area contributed by atoms with Crippen molar-refractivity contribution in [1.29, 1.82) is 5.26 Å². The highest BCUT2D eigenvalue weighted by atomic mass is 32.1. The number of hydrogen-bond acceptors (Lipinski definition) is 6. The maximum atomic E-state index is 8.90. The number of nitriles is 1. The molecule has 6 nitrogen and oxygen atoms in total. The summed E-state index contributed by atoms with van der Waals surface area (Å²) in [6.07, 6.45) is 1.14. The van der Waals surface area contributed by atoms with E-state index in [1.807, 2.05) is 12.1 Å². The first kappa shape index (κ1) is 17.6. The van der Waals surface area contributed by atoms with Crippen molar-refractivity contribution in [3.8, 4) is 11.8 Å². The van der Waals surface area contributed by atoms with Gasteiger partial charge in [0, 0.05) is 18.0 Å². The molecular weight excluding hydrogens is 358 g/mol. The van der Waals surface area contributed by atoms with Gasteiger partial charge < -0.3 is 9.64 Å². The van der Waals surface area contributed by atoms with E-state index in [9.17, 15) is 0 Å². The summed E-state index contributed by atoms with van der Waals surface area (Å²) in [6.45, 7) is 3.42. The second kappa shape index (κ2) is 7.41. The van der Waals surface area contributed by atoms with E-state index in [0.717, 1.165) is 30.5 Å². The van der Waals surface area contributed by atoms with Gasteiger partial charge in [0.1, 0.15) is 12.4 Å². The Bertz CT molecular complexity index is 942. The number of rotatable bonds is 7. The lowest BCUT2D eigenvalue weighted by Crippen LogP contribution is -2.21. The van der Waals surface area contributed by atoms with E-state index in [0.29, 0.717) is 24.1 Å². The van der Waals surface area contributed by atoms with Crippen molar-refractivity contribution >= 4 is 17.3 Å². The molecule has 2 aromatic heterocycles. The fraction of sp³-hybridized carbons (Fsp3) is 0.350. The second-order valence-electron chi connectivity index (χ2n) is 6.93. The molecule has 0 saturated heterocycles. The van der Waals surface area contributed by atoms with Gasteiger partial charge in [0.25, 0.3) is 0 Å². The number of hydrogen-bond donors (Lipinski definition) is 0. The van der Waals surface area contributed by atoms with Crippen molar-refractivity contribution in [3.63, 3.8) is 0 Å². The van der Waals surface area contributed by atoms with Crippen LogP contribution in [0.4, 0.5) is 5.95 Å². The van der Waals surface area contributed by atoms with Gasteiger partial charge in [-0.15, -0.1) is 21.5 Å². The molecule has 0 aliphatic heterocycles. The number of aromatic nitrogens is 3. The van der Waals surface area contributed by atoms with Crippen LogP contribution < -0.4 is 9.64 Å². The van der Waals surface area contributed by atoms with Gasteiger partial charge in [0.2, 0.25) is 5.95 Å². The normalized spacial score (nSPS) is 18.1. The van der Waals surface area contributed by atoms with Gasteiger partial charge in [0.05, 0.1) is 18.2 Å². The van der Waals surface area contributed by atoms with Crippen molar-refractivity contribution in [2.45, 2.75) is 32.5 Å². The minimum atomic E-state index is 0.356. The van der Waals surface area contributed by atoms with Crippen LogP contribution in [0.15, 0.2) is 41.8 Å². The van der Waals surface area contributed by atoms with Crippen LogP contribution in [-0.2, 0) is 13.2 Å². The molecule has 1 saturated carbocycles. The van der Waals surface area contributed by atoms with Crippen molar-refractivity contribution in [3.05, 3.63) is 58.0 Å². The van der Waals surface area contributed by atoms with Crippen LogP contribution in [0, 0.1) is 17.2 Å². The molecule has 2 unspecified atom stereocenters. The number of ether oxygens (including phenoxy) is 1. The molecule has 1 aliphatic carbocycles. The van der Waals surface area contributed by atoms with Gasteiger partial charge in [-0.2, -0.15) is 5.26 Å². The highest BCUT2D eigenvalue weighted by Gasteiger charge is 2.38. The molecule has 7 heteroatoms. The first-order valence-corrected chi connectivity index (χ1v) is 9.84. The summed E-state index contributed by atoms with van der Waals surface area (Å²) in [4.78, 5) is 3.45. The average Bonchev–Trinajstić information content (AvgIpc) is 3.06. The van der Waals surface area contributed by atoms with E-state index in [1.54, 1.807) is 23.5 Å². The van der Waals surface area contributed by atoms with E-state index < -0.39 is 0 Å². The van der Waals surface area contributed by atoms with E-state index in [1.165, 1.54) is 4.88 Å². The van der Waals surface area contributed by atoms with Gasteiger partial charge >= 0.3 is 0 Å². The molecule has 138 valence electrons. The summed E-state index contributed by atoms with van der Waals surface area (Å²) in [5.74, 6) is 3.07. The lowest BCUT2D eigenvalue weighted by Gasteiger charge is -2.19. The monoisotopic (exact) mass is 379 g/mol. The van der Waals surface area contributed by atoms with Crippen molar-refractivity contribution < 1.29 is 4.74 Å². The van der Waals surface area contributed by atoms with Gasteiger partial charge in [-0.3, -0.25) is 4.57 Å². The Kier molecular flexibility index (Phi) is 4.82. The third-order valence-corrected chi connectivity index (χ3v) is 5.67. The summed E-state index contributed by atoms with van der Waals surface area (Å²) in [6, 6.07) is 13.9. The molecule has 2 heterocycles. The molecule has 2 atom stereocenters. The van der Waals surface area contributed by atoms with E-state index >= 15 is 0 Å². The minimum Gasteiger partial charge on any atom is -0.486 e. The predicted molar refractivity (Wildman–Crippen MR) is 105 cm³/mol. The molecule has 0 radical (unpaired) electrons. The Hall–Kier alpha value is -2.85. The van der Waals surface area contributed by atoms with E-state index in [4.69, 9.17) is 10.00 Å². The summed E-state index contributed by atoms with van der Waals surface area (Å²) in [5.41, 5.74) is 0.620. The number of anilines is 1. The lowest BCUT2D eigenvalue weighted by molar-refractivity contribution is 0.288. The average molecular weight is 379 g/mol. The Morgan fingerprint density at radius 1 is 1.30 bits per heavy atom. The second-order valence-corrected chi connectivity index (χ2v) is 7.96. The molecular formula is C20H21N5OS. The van der Waals surface area contributed by atoms with Crippen LogP contribution >= 0.6 is 11.3 Å². The number of benzene rings is 1. The molecule has 1 aromatic carbocycles. The van der Waals surface area contributed by atoms with Crippen molar-refractivity contribution in [2.75, 3.05) is 11.9 Å². The maximum absolute atomic E-state index is 8.90.